The molecule has 6 nitrogen and oxygen atoms in total. The molecule has 0 amide bonds. The lowest BCUT2D eigenvalue weighted by Crippen LogP contribution is -2.51. The van der Waals surface area contributed by atoms with Crippen LogP contribution >= 0.6 is 11.8 Å². The minimum absolute atomic E-state index is 0.187. The molecule has 1 atom stereocenters. The topological polar surface area (TPSA) is 69.0 Å². The molecular weight excluding hydrogens is 288 g/mol. The van der Waals surface area contributed by atoms with Gasteiger partial charge in [0.25, 0.3) is 0 Å². The van der Waals surface area contributed by atoms with E-state index in [4.69, 9.17) is 4.74 Å². The van der Waals surface area contributed by atoms with Gasteiger partial charge in [-0.3, -0.25) is 4.79 Å². The normalized spacial score (nSPS) is 14.0. The molecule has 1 unspecified atom stereocenters. The zero-order chi connectivity index (χ0) is 15.9. The Kier molecular flexibility index (Phi) is 7.17. The third-order valence-electron chi connectivity index (χ3n) is 3.38. The van der Waals surface area contributed by atoms with Crippen LogP contribution in [0.5, 0.6) is 0 Å². The second-order valence-electron chi connectivity index (χ2n) is 5.17. The van der Waals surface area contributed by atoms with E-state index in [-0.39, 0.29) is 5.97 Å². The highest BCUT2D eigenvalue weighted by molar-refractivity contribution is 7.99. The maximum atomic E-state index is 12.2. The first-order valence-electron chi connectivity index (χ1n) is 7.35. The van der Waals surface area contributed by atoms with Gasteiger partial charge >= 0.3 is 5.97 Å². The second-order valence-corrected chi connectivity index (χ2v) is 6.23. The van der Waals surface area contributed by atoms with E-state index in [1.165, 1.54) is 0 Å². The fourth-order valence-corrected chi connectivity index (χ4v) is 2.93. The minimum atomic E-state index is -0.646. The fraction of sp³-hybridized carbons (Fsp3) is 0.786. The zero-order valence-electron chi connectivity index (χ0n) is 13.6. The van der Waals surface area contributed by atoms with Crippen molar-refractivity contribution < 1.29 is 9.53 Å². The molecule has 0 aliphatic carbocycles. The van der Waals surface area contributed by atoms with Gasteiger partial charge in [-0.15, -0.1) is 10.2 Å². The number of nitrogens with one attached hydrogen (secondary N) is 1. The van der Waals surface area contributed by atoms with Crippen LogP contribution in [-0.2, 0) is 16.6 Å². The van der Waals surface area contributed by atoms with Crippen LogP contribution in [0.15, 0.2) is 5.16 Å². The Labute approximate surface area is 131 Å². The third kappa shape index (κ3) is 5.00. The number of aryl methyl sites for hydroxylation is 1. The van der Waals surface area contributed by atoms with Gasteiger partial charge < -0.3 is 14.6 Å². The summed E-state index contributed by atoms with van der Waals surface area (Å²) in [5.74, 6) is 1.47. The summed E-state index contributed by atoms with van der Waals surface area (Å²) in [6.45, 7) is 8.93. The average Bonchev–Trinajstić information content (AvgIpc) is 2.77. The van der Waals surface area contributed by atoms with Crippen LogP contribution in [0.2, 0.25) is 0 Å². The largest absolute Gasteiger partial charge is 0.465 e. The predicted octanol–water partition coefficient (Wildman–Crippen LogP) is 1.93. The predicted molar refractivity (Wildman–Crippen MR) is 84.4 cm³/mol. The van der Waals surface area contributed by atoms with Gasteiger partial charge in [-0.2, -0.15) is 0 Å². The molecule has 0 radical (unpaired) electrons. The number of ether oxygens (including phenoxy) is 1. The summed E-state index contributed by atoms with van der Waals surface area (Å²) >= 11 is 1.61. The summed E-state index contributed by atoms with van der Waals surface area (Å²) in [6, 6.07) is 0. The van der Waals surface area contributed by atoms with Crippen LogP contribution in [0, 0.1) is 6.92 Å². The molecule has 0 bridgehead atoms. The van der Waals surface area contributed by atoms with Crippen molar-refractivity contribution >= 4 is 17.7 Å². The molecule has 0 fully saturated rings. The van der Waals surface area contributed by atoms with Crippen molar-refractivity contribution in [2.45, 2.75) is 51.2 Å². The minimum Gasteiger partial charge on any atom is -0.465 e. The van der Waals surface area contributed by atoms with Crippen molar-refractivity contribution in [1.29, 1.82) is 0 Å². The van der Waals surface area contributed by atoms with E-state index in [2.05, 4.69) is 22.4 Å². The molecule has 0 aliphatic rings. The van der Waals surface area contributed by atoms with Gasteiger partial charge in [-0.1, -0.05) is 18.7 Å². The van der Waals surface area contributed by atoms with Crippen molar-refractivity contribution in [1.82, 2.24) is 20.1 Å². The number of carbonyl (C=O) groups is 1. The van der Waals surface area contributed by atoms with Crippen molar-refractivity contribution in [2.75, 3.05) is 18.9 Å². The number of aromatic nitrogens is 3. The van der Waals surface area contributed by atoms with E-state index in [1.807, 2.05) is 32.4 Å². The molecule has 0 aliphatic heterocycles. The van der Waals surface area contributed by atoms with Gasteiger partial charge in [0.15, 0.2) is 5.16 Å². The number of thioether (sulfide) groups is 1. The van der Waals surface area contributed by atoms with Crippen molar-refractivity contribution in [3.63, 3.8) is 0 Å². The van der Waals surface area contributed by atoms with Crippen LogP contribution in [0.4, 0.5) is 0 Å². The summed E-state index contributed by atoms with van der Waals surface area (Å²) in [5, 5.41) is 12.3. The first-order valence-corrected chi connectivity index (χ1v) is 8.34. The lowest BCUT2D eigenvalue weighted by Gasteiger charge is -2.28. The molecule has 21 heavy (non-hydrogen) atoms. The van der Waals surface area contributed by atoms with Crippen LogP contribution in [0.3, 0.4) is 0 Å². The van der Waals surface area contributed by atoms with Gasteiger partial charge in [-0.05, 0) is 40.2 Å². The number of esters is 1. The Morgan fingerprint density at radius 2 is 2.14 bits per heavy atom. The highest BCUT2D eigenvalue weighted by atomic mass is 32.2. The Bertz CT molecular complexity index is 464. The average molecular weight is 314 g/mol. The van der Waals surface area contributed by atoms with Gasteiger partial charge in [0.1, 0.15) is 11.4 Å². The van der Waals surface area contributed by atoms with Crippen molar-refractivity contribution in [3.8, 4) is 0 Å². The Morgan fingerprint density at radius 3 is 2.67 bits per heavy atom. The van der Waals surface area contributed by atoms with Crippen molar-refractivity contribution in [3.05, 3.63) is 5.82 Å². The summed E-state index contributed by atoms with van der Waals surface area (Å²) in [7, 11) is 1.94. The zero-order valence-corrected chi connectivity index (χ0v) is 14.4. The lowest BCUT2D eigenvalue weighted by atomic mass is 9.99. The Morgan fingerprint density at radius 1 is 1.43 bits per heavy atom. The standard InChI is InChI=1S/C14H26N4O2S/c1-6-9-15-14(4,12(19)20-7-2)8-10-21-13-17-16-11(3)18(13)5/h15H,6-10H2,1-5H3. The molecular formula is C14H26N4O2S. The molecule has 0 saturated heterocycles. The quantitative estimate of drug-likeness (QED) is 0.555. The van der Waals surface area contributed by atoms with Crippen LogP contribution in [-0.4, -0.2) is 45.2 Å². The van der Waals surface area contributed by atoms with E-state index >= 15 is 0 Å². The lowest BCUT2D eigenvalue weighted by molar-refractivity contribution is -0.150. The van der Waals surface area contributed by atoms with E-state index in [0.717, 1.165) is 29.7 Å². The van der Waals surface area contributed by atoms with Crippen molar-refractivity contribution in [2.24, 2.45) is 7.05 Å². The summed E-state index contributed by atoms with van der Waals surface area (Å²) in [5.41, 5.74) is -0.646. The first-order chi connectivity index (χ1) is 9.94. The maximum Gasteiger partial charge on any atom is 0.326 e. The third-order valence-corrected chi connectivity index (χ3v) is 4.40. The molecule has 1 rings (SSSR count). The molecule has 1 heterocycles. The molecule has 120 valence electrons. The molecule has 0 spiro atoms. The van der Waals surface area contributed by atoms with E-state index < -0.39 is 5.54 Å². The maximum absolute atomic E-state index is 12.2. The van der Waals surface area contributed by atoms with Crippen LogP contribution in [0.1, 0.15) is 39.4 Å². The van der Waals surface area contributed by atoms with E-state index in [9.17, 15) is 4.79 Å². The monoisotopic (exact) mass is 314 g/mol. The molecule has 1 N–H and O–H groups in total. The summed E-state index contributed by atoms with van der Waals surface area (Å²) in [4.78, 5) is 12.2. The van der Waals surface area contributed by atoms with Gasteiger partial charge in [-0.25, -0.2) is 0 Å². The summed E-state index contributed by atoms with van der Waals surface area (Å²) in [6.07, 6.45) is 1.66. The molecule has 0 aromatic carbocycles. The smallest absolute Gasteiger partial charge is 0.326 e. The van der Waals surface area contributed by atoms with Gasteiger partial charge in [0.2, 0.25) is 0 Å². The van der Waals surface area contributed by atoms with Crippen LogP contribution < -0.4 is 5.32 Å². The van der Waals surface area contributed by atoms with E-state index in [1.54, 1.807) is 11.8 Å². The number of hydrogen-bond donors (Lipinski definition) is 1. The number of carbonyl (C=O) groups excluding carboxylic acids is 1. The number of nitrogens with zero attached hydrogens (tertiary/aromatic N) is 3. The first kappa shape index (κ1) is 18.0. The second kappa shape index (κ2) is 8.38. The molecule has 1 aromatic heterocycles. The highest BCUT2D eigenvalue weighted by Crippen LogP contribution is 2.21. The number of hydrogen-bond acceptors (Lipinski definition) is 6. The molecule has 7 heteroatoms. The molecule has 1 aromatic rings. The van der Waals surface area contributed by atoms with Gasteiger partial charge in [0, 0.05) is 12.8 Å². The highest BCUT2D eigenvalue weighted by Gasteiger charge is 2.33. The Hall–Kier alpha value is -1.08. The molecule has 0 saturated carbocycles. The number of rotatable bonds is 9. The fourth-order valence-electron chi connectivity index (χ4n) is 1.81. The SMILES string of the molecule is CCCNC(C)(CCSc1nnc(C)n1C)C(=O)OCC. The Balaban J connectivity index is 2.60. The van der Waals surface area contributed by atoms with Gasteiger partial charge in [0.05, 0.1) is 6.61 Å². The van der Waals surface area contributed by atoms with E-state index in [0.29, 0.717) is 13.0 Å². The van der Waals surface area contributed by atoms with Crippen LogP contribution in [0.25, 0.3) is 0 Å². The summed E-state index contributed by atoms with van der Waals surface area (Å²) < 4.78 is 7.14.